The van der Waals surface area contributed by atoms with Crippen molar-refractivity contribution in [1.29, 1.82) is 0 Å². The van der Waals surface area contributed by atoms with Crippen LogP contribution >= 0.6 is 0 Å². The number of halogens is 1. The lowest BCUT2D eigenvalue weighted by atomic mass is 10.1. The lowest BCUT2D eigenvalue weighted by molar-refractivity contribution is 0.0920. The highest BCUT2D eigenvalue weighted by atomic mass is 19.1. The zero-order valence-electron chi connectivity index (χ0n) is 19.5. The Bertz CT molecular complexity index is 1000. The minimum atomic E-state index is -0.257. The zero-order chi connectivity index (χ0) is 23.5. The van der Waals surface area contributed by atoms with Gasteiger partial charge in [0.15, 0.2) is 5.76 Å². The molecule has 5 nitrogen and oxygen atoms in total. The summed E-state index contributed by atoms with van der Waals surface area (Å²) < 4.78 is 24.8. The SMILES string of the molecule is CCCCCCNC(=O)c1ccc(CN(Cc2ccc(OC)cc2)Cc2cccc(F)c2)o1. The van der Waals surface area contributed by atoms with Crippen LogP contribution in [0.1, 0.15) is 60.0 Å². The standard InChI is InChI=1S/C27H33FN2O3/c1-3-4-5-6-16-29-27(31)26-15-14-25(33-26)20-30(19-22-8-7-9-23(28)17-22)18-21-10-12-24(32-2)13-11-21/h7-15,17H,3-6,16,18-20H2,1-2H3,(H,29,31). The molecule has 0 fully saturated rings. The van der Waals surface area contributed by atoms with Crippen LogP contribution in [-0.2, 0) is 19.6 Å². The third kappa shape index (κ3) is 8.06. The predicted molar refractivity (Wildman–Crippen MR) is 128 cm³/mol. The van der Waals surface area contributed by atoms with Crippen LogP contribution in [0.15, 0.2) is 65.1 Å². The van der Waals surface area contributed by atoms with Crippen LogP contribution in [0.5, 0.6) is 5.75 Å². The van der Waals surface area contributed by atoms with Crippen LogP contribution in [-0.4, -0.2) is 24.5 Å². The average Bonchev–Trinajstić information content (AvgIpc) is 3.28. The number of unbranched alkanes of at least 4 members (excludes halogenated alkanes) is 3. The van der Waals surface area contributed by atoms with E-state index in [1.807, 2.05) is 36.4 Å². The first-order valence-electron chi connectivity index (χ1n) is 11.5. The summed E-state index contributed by atoms with van der Waals surface area (Å²) in [6.07, 6.45) is 4.42. The number of amides is 1. The molecule has 176 valence electrons. The van der Waals surface area contributed by atoms with Crippen LogP contribution in [0.25, 0.3) is 0 Å². The molecule has 0 radical (unpaired) electrons. The van der Waals surface area contributed by atoms with Gasteiger partial charge in [0.1, 0.15) is 17.3 Å². The van der Waals surface area contributed by atoms with E-state index in [4.69, 9.17) is 9.15 Å². The largest absolute Gasteiger partial charge is 0.497 e. The summed E-state index contributed by atoms with van der Waals surface area (Å²) in [4.78, 5) is 14.5. The van der Waals surface area contributed by atoms with Crippen LogP contribution < -0.4 is 10.1 Å². The Kier molecular flexibility index (Phi) is 9.51. The molecule has 3 aromatic rings. The third-order valence-corrected chi connectivity index (χ3v) is 5.44. The van der Waals surface area contributed by atoms with Gasteiger partial charge in [0.25, 0.3) is 5.91 Å². The smallest absolute Gasteiger partial charge is 0.286 e. The van der Waals surface area contributed by atoms with E-state index in [0.29, 0.717) is 37.7 Å². The van der Waals surface area contributed by atoms with Crippen molar-refractivity contribution >= 4 is 5.91 Å². The van der Waals surface area contributed by atoms with Crippen LogP contribution in [0.2, 0.25) is 0 Å². The summed E-state index contributed by atoms with van der Waals surface area (Å²) >= 11 is 0. The first kappa shape index (κ1) is 24.5. The molecule has 0 aliphatic rings. The quantitative estimate of drug-likeness (QED) is 0.326. The number of furan rings is 1. The Hall–Kier alpha value is -3.12. The van der Waals surface area contributed by atoms with E-state index < -0.39 is 0 Å². The molecule has 1 heterocycles. The second-order valence-electron chi connectivity index (χ2n) is 8.21. The molecular weight excluding hydrogens is 419 g/mol. The molecule has 0 bridgehead atoms. The monoisotopic (exact) mass is 452 g/mol. The van der Waals surface area contributed by atoms with E-state index >= 15 is 0 Å². The van der Waals surface area contributed by atoms with E-state index in [1.54, 1.807) is 25.3 Å². The number of ether oxygens (including phenoxy) is 1. The van der Waals surface area contributed by atoms with Gasteiger partial charge in [-0.2, -0.15) is 0 Å². The van der Waals surface area contributed by atoms with Gasteiger partial charge in [0.05, 0.1) is 13.7 Å². The van der Waals surface area contributed by atoms with Crippen molar-refractivity contribution in [3.8, 4) is 5.75 Å². The van der Waals surface area contributed by atoms with E-state index in [9.17, 15) is 9.18 Å². The summed E-state index contributed by atoms with van der Waals surface area (Å²) in [5.41, 5.74) is 1.98. The Morgan fingerprint density at radius 1 is 0.970 bits per heavy atom. The fourth-order valence-electron chi connectivity index (χ4n) is 3.70. The predicted octanol–water partition coefficient (Wildman–Crippen LogP) is 5.94. The van der Waals surface area contributed by atoms with E-state index in [2.05, 4.69) is 17.1 Å². The van der Waals surface area contributed by atoms with Crippen molar-refractivity contribution in [2.75, 3.05) is 13.7 Å². The number of methoxy groups -OCH3 is 1. The van der Waals surface area contributed by atoms with Crippen LogP contribution in [0.3, 0.4) is 0 Å². The van der Waals surface area contributed by atoms with E-state index in [-0.39, 0.29) is 11.7 Å². The lowest BCUT2D eigenvalue weighted by Crippen LogP contribution is -2.24. The molecule has 0 saturated carbocycles. The Morgan fingerprint density at radius 2 is 1.76 bits per heavy atom. The molecule has 0 saturated heterocycles. The van der Waals surface area contributed by atoms with Crippen molar-refractivity contribution in [2.24, 2.45) is 0 Å². The zero-order valence-corrected chi connectivity index (χ0v) is 19.5. The van der Waals surface area contributed by atoms with Gasteiger partial charge in [-0.3, -0.25) is 9.69 Å². The third-order valence-electron chi connectivity index (χ3n) is 5.44. The van der Waals surface area contributed by atoms with Gasteiger partial charge in [0, 0.05) is 19.6 Å². The molecule has 1 N–H and O–H groups in total. The summed E-state index contributed by atoms with van der Waals surface area (Å²) in [6.45, 7) is 4.49. The van der Waals surface area contributed by atoms with Gasteiger partial charge in [-0.05, 0) is 53.9 Å². The molecule has 1 aromatic heterocycles. The van der Waals surface area contributed by atoms with Gasteiger partial charge in [0.2, 0.25) is 0 Å². The van der Waals surface area contributed by atoms with Crippen molar-refractivity contribution in [3.05, 3.63) is 89.1 Å². The lowest BCUT2D eigenvalue weighted by Gasteiger charge is -2.22. The maximum Gasteiger partial charge on any atom is 0.286 e. The number of carbonyl (C=O) groups excluding carboxylic acids is 1. The Morgan fingerprint density at radius 3 is 2.48 bits per heavy atom. The minimum Gasteiger partial charge on any atom is -0.497 e. The fraction of sp³-hybridized carbons (Fsp3) is 0.370. The highest BCUT2D eigenvalue weighted by molar-refractivity contribution is 5.91. The number of carbonyl (C=O) groups is 1. The van der Waals surface area contributed by atoms with Gasteiger partial charge in [-0.1, -0.05) is 50.5 Å². The molecule has 2 aromatic carbocycles. The van der Waals surface area contributed by atoms with Gasteiger partial charge in [-0.15, -0.1) is 0 Å². The number of hydrogen-bond donors (Lipinski definition) is 1. The second kappa shape index (κ2) is 12.8. The topological polar surface area (TPSA) is 54.7 Å². The van der Waals surface area contributed by atoms with Crippen LogP contribution in [0.4, 0.5) is 4.39 Å². The van der Waals surface area contributed by atoms with E-state index in [1.165, 1.54) is 12.5 Å². The number of benzene rings is 2. The average molecular weight is 453 g/mol. The maximum absolute atomic E-state index is 13.7. The fourth-order valence-corrected chi connectivity index (χ4v) is 3.70. The highest BCUT2D eigenvalue weighted by Gasteiger charge is 2.15. The second-order valence-corrected chi connectivity index (χ2v) is 8.21. The van der Waals surface area contributed by atoms with E-state index in [0.717, 1.165) is 36.1 Å². The summed E-state index contributed by atoms with van der Waals surface area (Å²) in [7, 11) is 1.64. The van der Waals surface area contributed by atoms with Gasteiger partial charge in [-0.25, -0.2) is 4.39 Å². The van der Waals surface area contributed by atoms with Gasteiger partial charge >= 0.3 is 0 Å². The molecular formula is C27H33FN2O3. The van der Waals surface area contributed by atoms with Gasteiger partial charge < -0.3 is 14.5 Å². The van der Waals surface area contributed by atoms with Crippen molar-refractivity contribution < 1.29 is 18.3 Å². The molecule has 0 aliphatic carbocycles. The Labute approximate surface area is 195 Å². The molecule has 0 spiro atoms. The first-order chi connectivity index (χ1) is 16.1. The highest BCUT2D eigenvalue weighted by Crippen LogP contribution is 2.19. The maximum atomic E-state index is 13.7. The normalized spacial score (nSPS) is 11.0. The minimum absolute atomic E-state index is 0.190. The van der Waals surface area contributed by atoms with Crippen molar-refractivity contribution in [2.45, 2.75) is 52.2 Å². The molecule has 3 rings (SSSR count). The number of nitrogens with one attached hydrogen (secondary N) is 1. The molecule has 0 aliphatic heterocycles. The molecule has 0 atom stereocenters. The summed E-state index contributed by atoms with van der Waals surface area (Å²) in [5, 5.41) is 2.92. The molecule has 6 heteroatoms. The number of nitrogens with zero attached hydrogens (tertiary/aromatic N) is 1. The Balaban J connectivity index is 1.65. The number of hydrogen-bond acceptors (Lipinski definition) is 4. The molecule has 1 amide bonds. The van der Waals surface area contributed by atoms with Crippen molar-refractivity contribution in [3.63, 3.8) is 0 Å². The first-order valence-corrected chi connectivity index (χ1v) is 11.5. The molecule has 33 heavy (non-hydrogen) atoms. The number of rotatable bonds is 13. The summed E-state index contributed by atoms with van der Waals surface area (Å²) in [5.74, 6) is 1.36. The molecule has 0 unspecified atom stereocenters. The van der Waals surface area contributed by atoms with Crippen LogP contribution in [0, 0.1) is 5.82 Å². The summed E-state index contributed by atoms with van der Waals surface area (Å²) in [6, 6.07) is 18.0. The van der Waals surface area contributed by atoms with Crippen molar-refractivity contribution in [1.82, 2.24) is 10.2 Å².